The van der Waals surface area contributed by atoms with Crippen LogP contribution < -0.4 is 24.6 Å². The average Bonchev–Trinajstić information content (AvgIpc) is 3.17. The van der Waals surface area contributed by atoms with Crippen LogP contribution in [0.3, 0.4) is 0 Å². The first-order chi connectivity index (χ1) is 17.7. The summed E-state index contributed by atoms with van der Waals surface area (Å²) in [4.78, 5) is 15.8. The van der Waals surface area contributed by atoms with Gasteiger partial charge in [-0.2, -0.15) is 4.74 Å². The minimum Gasteiger partial charge on any atom is -0.494 e. The van der Waals surface area contributed by atoms with Gasteiger partial charge < -0.3 is 28.4 Å². The molecule has 0 bridgehead atoms. The predicted octanol–water partition coefficient (Wildman–Crippen LogP) is 4.54. The van der Waals surface area contributed by atoms with Crippen molar-refractivity contribution in [1.82, 2.24) is 4.74 Å². The fourth-order valence-corrected chi connectivity index (χ4v) is 4.56. The number of fused-ring (bicyclic) bond motifs is 1. The summed E-state index contributed by atoms with van der Waals surface area (Å²) in [6, 6.07) is 7.23. The number of morpholine rings is 1. The van der Waals surface area contributed by atoms with Crippen LogP contribution in [0.25, 0.3) is 11.0 Å². The van der Waals surface area contributed by atoms with E-state index in [9.17, 15) is 4.79 Å². The van der Waals surface area contributed by atoms with Crippen molar-refractivity contribution < 1.29 is 28.3 Å². The molecule has 1 aliphatic heterocycles. The van der Waals surface area contributed by atoms with Crippen LogP contribution in [-0.2, 0) is 16.7 Å². The number of nitrogens with one attached hydrogen (secondary N) is 1. The van der Waals surface area contributed by atoms with Gasteiger partial charge in [-0.05, 0) is 37.5 Å². The van der Waals surface area contributed by atoms with Gasteiger partial charge in [0.05, 0.1) is 44.6 Å². The molecular weight excluding hydrogens is 474 g/mol. The normalized spacial score (nSPS) is 14.2. The zero-order valence-electron chi connectivity index (χ0n) is 22.6. The molecule has 0 atom stereocenters. The van der Waals surface area contributed by atoms with Crippen molar-refractivity contribution in [3.63, 3.8) is 0 Å². The van der Waals surface area contributed by atoms with E-state index in [0.717, 1.165) is 30.1 Å². The van der Waals surface area contributed by atoms with Crippen LogP contribution in [0, 0.1) is 5.41 Å². The molecule has 1 aliphatic rings. The minimum atomic E-state index is -0.249. The van der Waals surface area contributed by atoms with Crippen molar-refractivity contribution in [2.24, 2.45) is 0 Å². The number of carbonyl (C=O) groups is 1. The molecule has 1 saturated heterocycles. The van der Waals surface area contributed by atoms with Crippen LogP contribution in [-0.4, -0.2) is 57.1 Å². The molecule has 1 N–H and O–H groups in total. The molecule has 1 fully saturated rings. The highest BCUT2D eigenvalue weighted by atomic mass is 16.5. The van der Waals surface area contributed by atoms with Crippen LogP contribution in [0.4, 0.5) is 5.69 Å². The SMILES string of the molecule is CCOc1cc2on(CC(=O)c3cc(N4CCOCC4)c(OC)c(C(C)(C)C)c3)c(=N)c2cc1OCC. The molecule has 0 spiro atoms. The molecule has 9 nitrogen and oxygen atoms in total. The average molecular weight is 512 g/mol. The monoisotopic (exact) mass is 511 g/mol. The number of carbonyl (C=O) groups excluding carboxylic acids is 1. The predicted molar refractivity (Wildman–Crippen MR) is 141 cm³/mol. The molecule has 0 aliphatic carbocycles. The molecule has 2 heterocycles. The number of hydrogen-bond donors (Lipinski definition) is 1. The summed E-state index contributed by atoms with van der Waals surface area (Å²) in [7, 11) is 1.67. The van der Waals surface area contributed by atoms with Crippen molar-refractivity contribution in [2.45, 2.75) is 46.6 Å². The summed E-state index contributed by atoms with van der Waals surface area (Å²) >= 11 is 0. The second-order valence-corrected chi connectivity index (χ2v) is 9.99. The number of methoxy groups -OCH3 is 1. The van der Waals surface area contributed by atoms with E-state index >= 15 is 0 Å². The van der Waals surface area contributed by atoms with Crippen LogP contribution in [0.15, 0.2) is 28.8 Å². The Morgan fingerprint density at radius 2 is 1.68 bits per heavy atom. The lowest BCUT2D eigenvalue weighted by Crippen LogP contribution is -2.37. The number of anilines is 1. The Bertz CT molecular complexity index is 1330. The standard InChI is InChI=1S/C28H37N3O6/c1-7-35-24-15-19-23(16-25(24)36-8-2)37-31(27(19)29)17-22(32)18-13-20(28(3,4)5)26(33-6)21(14-18)30-9-11-34-12-10-30/h13-16,29H,7-12,17H2,1-6H3. The lowest BCUT2D eigenvalue weighted by molar-refractivity contribution is 0.0932. The summed E-state index contributed by atoms with van der Waals surface area (Å²) in [6.45, 7) is 13.6. The van der Waals surface area contributed by atoms with Crippen molar-refractivity contribution >= 4 is 22.4 Å². The molecule has 3 aromatic rings. The van der Waals surface area contributed by atoms with Crippen molar-refractivity contribution in [2.75, 3.05) is 51.5 Å². The number of benzene rings is 2. The van der Waals surface area contributed by atoms with Gasteiger partial charge in [0.25, 0.3) is 0 Å². The number of rotatable bonds is 9. The van der Waals surface area contributed by atoms with E-state index in [4.69, 9.17) is 28.9 Å². The molecule has 2 aromatic carbocycles. The quantitative estimate of drug-likeness (QED) is 0.421. The number of hydrogen-bond acceptors (Lipinski definition) is 8. The van der Waals surface area contributed by atoms with Gasteiger partial charge >= 0.3 is 0 Å². The summed E-state index contributed by atoms with van der Waals surface area (Å²) in [5.41, 5.74) is 2.69. The van der Waals surface area contributed by atoms with Crippen molar-refractivity contribution in [3.05, 3.63) is 40.9 Å². The van der Waals surface area contributed by atoms with E-state index in [-0.39, 0.29) is 23.2 Å². The van der Waals surface area contributed by atoms with Gasteiger partial charge in [-0.3, -0.25) is 10.2 Å². The number of ether oxygens (including phenoxy) is 4. The van der Waals surface area contributed by atoms with Crippen LogP contribution in [0.1, 0.15) is 50.5 Å². The van der Waals surface area contributed by atoms with Crippen LogP contribution >= 0.6 is 0 Å². The summed E-state index contributed by atoms with van der Waals surface area (Å²) in [5.74, 6) is 1.71. The van der Waals surface area contributed by atoms with E-state index < -0.39 is 0 Å². The van der Waals surface area contributed by atoms with E-state index in [0.29, 0.717) is 54.5 Å². The fourth-order valence-electron chi connectivity index (χ4n) is 4.56. The third-order valence-corrected chi connectivity index (χ3v) is 6.40. The summed E-state index contributed by atoms with van der Waals surface area (Å²) < 4.78 is 30.0. The Labute approximate surface area is 217 Å². The van der Waals surface area contributed by atoms with Crippen molar-refractivity contribution in [1.29, 1.82) is 5.41 Å². The first kappa shape index (κ1) is 26.6. The number of nitrogens with zero attached hydrogens (tertiary/aromatic N) is 2. The van der Waals surface area contributed by atoms with Gasteiger partial charge in [-0.1, -0.05) is 20.8 Å². The Balaban J connectivity index is 1.74. The maximum atomic E-state index is 13.6. The van der Waals surface area contributed by atoms with Gasteiger partial charge in [0.1, 0.15) is 12.3 Å². The van der Waals surface area contributed by atoms with E-state index in [1.807, 2.05) is 26.0 Å². The highest BCUT2D eigenvalue weighted by Crippen LogP contribution is 2.40. The minimum absolute atomic E-state index is 0.102. The molecule has 9 heteroatoms. The van der Waals surface area contributed by atoms with Gasteiger partial charge in [-0.25, -0.2) is 0 Å². The van der Waals surface area contributed by atoms with E-state index in [1.54, 1.807) is 19.2 Å². The topological polar surface area (TPSA) is 99.2 Å². The molecule has 0 unspecified atom stereocenters. The van der Waals surface area contributed by atoms with Crippen LogP contribution in [0.2, 0.25) is 0 Å². The summed E-state index contributed by atoms with van der Waals surface area (Å²) in [5, 5.41) is 9.22. The molecule has 1 aromatic heterocycles. The maximum absolute atomic E-state index is 13.6. The Morgan fingerprint density at radius 3 is 2.27 bits per heavy atom. The zero-order valence-corrected chi connectivity index (χ0v) is 22.6. The second kappa shape index (κ2) is 10.9. The van der Waals surface area contributed by atoms with Crippen LogP contribution in [0.5, 0.6) is 17.2 Å². The Kier molecular flexibility index (Phi) is 7.82. The molecule has 0 radical (unpaired) electrons. The molecule has 200 valence electrons. The van der Waals surface area contributed by atoms with Gasteiger partial charge in [0.2, 0.25) is 0 Å². The third-order valence-electron chi connectivity index (χ3n) is 6.40. The van der Waals surface area contributed by atoms with Gasteiger partial charge in [0, 0.05) is 30.3 Å². The maximum Gasteiger partial charge on any atom is 0.185 e. The highest BCUT2D eigenvalue weighted by molar-refractivity contribution is 5.98. The van der Waals surface area contributed by atoms with E-state index in [2.05, 4.69) is 25.7 Å². The van der Waals surface area contributed by atoms with Gasteiger partial charge in [0.15, 0.2) is 28.4 Å². The smallest absolute Gasteiger partial charge is 0.185 e. The second-order valence-electron chi connectivity index (χ2n) is 9.99. The Morgan fingerprint density at radius 1 is 1.03 bits per heavy atom. The highest BCUT2D eigenvalue weighted by Gasteiger charge is 2.27. The Hall–Kier alpha value is -3.46. The molecule has 0 saturated carbocycles. The number of aromatic nitrogens is 1. The first-order valence-electron chi connectivity index (χ1n) is 12.7. The molecule has 0 amide bonds. The fraction of sp³-hybridized carbons (Fsp3) is 0.500. The number of Topliss-reactive ketones (excluding diaryl/α,β-unsaturated/α-hetero) is 1. The van der Waals surface area contributed by atoms with Gasteiger partial charge in [-0.15, -0.1) is 0 Å². The zero-order chi connectivity index (χ0) is 26.7. The molecule has 4 rings (SSSR count). The largest absolute Gasteiger partial charge is 0.494 e. The third kappa shape index (κ3) is 5.46. The first-order valence-corrected chi connectivity index (χ1v) is 12.7. The molecular formula is C28H37N3O6. The lowest BCUT2D eigenvalue weighted by atomic mass is 9.84. The lowest BCUT2D eigenvalue weighted by Gasteiger charge is -2.33. The number of ketones is 1. The summed E-state index contributed by atoms with van der Waals surface area (Å²) in [6.07, 6.45) is 0. The molecule has 37 heavy (non-hydrogen) atoms. The van der Waals surface area contributed by atoms with Crippen molar-refractivity contribution in [3.8, 4) is 17.2 Å². The van der Waals surface area contributed by atoms with E-state index in [1.165, 1.54) is 4.74 Å².